The van der Waals surface area contributed by atoms with Crippen molar-refractivity contribution in [3.05, 3.63) is 62.8 Å². The van der Waals surface area contributed by atoms with Crippen LogP contribution in [0.4, 0.5) is 0 Å². The maximum absolute atomic E-state index is 12.2. The first-order valence-electron chi connectivity index (χ1n) is 5.67. The van der Waals surface area contributed by atoms with Crippen molar-refractivity contribution in [2.24, 2.45) is 0 Å². The third kappa shape index (κ3) is 3.88. The summed E-state index contributed by atoms with van der Waals surface area (Å²) in [6, 6.07) is 9.69. The molecule has 0 radical (unpaired) electrons. The minimum absolute atomic E-state index is 0.0447. The zero-order valence-corrected chi connectivity index (χ0v) is 13.5. The lowest BCUT2D eigenvalue weighted by Crippen LogP contribution is -2.26. The molecule has 0 spiro atoms. The molecule has 1 aromatic carbocycles. The van der Waals surface area contributed by atoms with Crippen LogP contribution in [-0.2, 0) is 6.54 Å². The molecule has 98 valence electrons. The van der Waals surface area contributed by atoms with Crippen LogP contribution < -0.4 is 0 Å². The molecule has 19 heavy (non-hydrogen) atoms. The van der Waals surface area contributed by atoms with Gasteiger partial charge in [0.05, 0.1) is 5.56 Å². The summed E-state index contributed by atoms with van der Waals surface area (Å²) in [5, 5.41) is 0. The zero-order chi connectivity index (χ0) is 13.8. The van der Waals surface area contributed by atoms with Gasteiger partial charge < -0.3 is 4.90 Å². The first-order chi connectivity index (χ1) is 9.06. The highest BCUT2D eigenvalue weighted by Gasteiger charge is 2.12. The molecular weight excluding hydrogens is 372 g/mol. The summed E-state index contributed by atoms with van der Waals surface area (Å²) >= 11 is 6.71. The lowest BCUT2D eigenvalue weighted by atomic mass is 10.2. The van der Waals surface area contributed by atoms with E-state index in [1.165, 1.54) is 0 Å². The lowest BCUT2D eigenvalue weighted by Gasteiger charge is -2.17. The van der Waals surface area contributed by atoms with Crippen molar-refractivity contribution in [3.63, 3.8) is 0 Å². The molecule has 2 aromatic rings. The Labute approximate surface area is 128 Å². The quantitative estimate of drug-likeness (QED) is 0.805. The molecule has 0 bridgehead atoms. The lowest BCUT2D eigenvalue weighted by molar-refractivity contribution is 0.0784. The van der Waals surface area contributed by atoms with Crippen molar-refractivity contribution in [3.8, 4) is 0 Å². The van der Waals surface area contributed by atoms with E-state index in [0.29, 0.717) is 12.1 Å². The number of pyridine rings is 1. The average Bonchev–Trinajstić information content (AvgIpc) is 2.40. The van der Waals surface area contributed by atoms with Gasteiger partial charge in [-0.3, -0.25) is 9.78 Å². The minimum Gasteiger partial charge on any atom is -0.337 e. The Kier molecular flexibility index (Phi) is 4.71. The maximum Gasteiger partial charge on any atom is 0.255 e. The second kappa shape index (κ2) is 6.30. The van der Waals surface area contributed by atoms with E-state index in [2.05, 4.69) is 36.8 Å². The van der Waals surface area contributed by atoms with E-state index in [1.807, 2.05) is 24.3 Å². The molecule has 0 saturated heterocycles. The molecule has 0 aliphatic heterocycles. The SMILES string of the molecule is CN(Cc1ccc(Br)cc1)C(=O)c1cncc(Br)c1. The number of halogens is 2. The summed E-state index contributed by atoms with van der Waals surface area (Å²) < 4.78 is 1.83. The smallest absolute Gasteiger partial charge is 0.255 e. The van der Waals surface area contributed by atoms with Crippen molar-refractivity contribution in [1.29, 1.82) is 0 Å². The van der Waals surface area contributed by atoms with Crippen molar-refractivity contribution in [2.75, 3.05) is 7.05 Å². The second-order valence-corrected chi connectivity index (χ2v) is 6.01. The van der Waals surface area contributed by atoms with Gasteiger partial charge in [0.2, 0.25) is 0 Å². The third-order valence-corrected chi connectivity index (χ3v) is 3.59. The Morgan fingerprint density at radius 3 is 2.47 bits per heavy atom. The van der Waals surface area contributed by atoms with Gasteiger partial charge in [0.25, 0.3) is 5.91 Å². The number of carbonyl (C=O) groups excluding carboxylic acids is 1. The predicted octanol–water partition coefficient (Wildman–Crippen LogP) is 3.88. The Balaban J connectivity index is 2.09. The molecule has 0 fully saturated rings. The van der Waals surface area contributed by atoms with Crippen molar-refractivity contribution < 1.29 is 4.79 Å². The normalized spacial score (nSPS) is 10.3. The number of rotatable bonds is 3. The van der Waals surface area contributed by atoms with Gasteiger partial charge in [0.15, 0.2) is 0 Å². The molecule has 1 aromatic heterocycles. The van der Waals surface area contributed by atoms with Crippen molar-refractivity contribution in [2.45, 2.75) is 6.54 Å². The number of benzene rings is 1. The molecule has 2 rings (SSSR count). The van der Waals surface area contributed by atoms with Gasteiger partial charge in [0.1, 0.15) is 0 Å². The summed E-state index contributed by atoms with van der Waals surface area (Å²) in [4.78, 5) is 17.9. The van der Waals surface area contributed by atoms with E-state index in [1.54, 1.807) is 30.4 Å². The summed E-state index contributed by atoms with van der Waals surface area (Å²) in [7, 11) is 1.78. The van der Waals surface area contributed by atoms with E-state index in [0.717, 1.165) is 14.5 Å². The van der Waals surface area contributed by atoms with Crippen LogP contribution in [-0.4, -0.2) is 22.8 Å². The fraction of sp³-hybridized carbons (Fsp3) is 0.143. The predicted molar refractivity (Wildman–Crippen MR) is 81.9 cm³/mol. The Morgan fingerprint density at radius 2 is 1.84 bits per heavy atom. The molecule has 3 nitrogen and oxygen atoms in total. The number of aromatic nitrogens is 1. The largest absolute Gasteiger partial charge is 0.337 e. The van der Waals surface area contributed by atoms with Crippen LogP contribution in [0.3, 0.4) is 0 Å². The third-order valence-electron chi connectivity index (χ3n) is 2.63. The van der Waals surface area contributed by atoms with E-state index in [-0.39, 0.29) is 5.91 Å². The van der Waals surface area contributed by atoms with Crippen LogP contribution >= 0.6 is 31.9 Å². The molecule has 0 unspecified atom stereocenters. The van der Waals surface area contributed by atoms with E-state index < -0.39 is 0 Å². The van der Waals surface area contributed by atoms with Gasteiger partial charge in [-0.2, -0.15) is 0 Å². The van der Waals surface area contributed by atoms with Gasteiger partial charge in [-0.25, -0.2) is 0 Å². The molecule has 0 saturated carbocycles. The Bertz CT molecular complexity index is 584. The molecule has 5 heteroatoms. The second-order valence-electron chi connectivity index (χ2n) is 4.18. The van der Waals surface area contributed by atoms with Crippen molar-refractivity contribution >= 4 is 37.8 Å². The fourth-order valence-electron chi connectivity index (χ4n) is 1.68. The molecule has 0 aliphatic carbocycles. The molecule has 1 heterocycles. The van der Waals surface area contributed by atoms with Gasteiger partial charge in [-0.15, -0.1) is 0 Å². The minimum atomic E-state index is -0.0447. The maximum atomic E-state index is 12.2. The Morgan fingerprint density at radius 1 is 1.16 bits per heavy atom. The topological polar surface area (TPSA) is 33.2 Å². The van der Waals surface area contributed by atoms with Crippen LogP contribution in [0, 0.1) is 0 Å². The fourth-order valence-corrected chi connectivity index (χ4v) is 2.31. The molecule has 0 atom stereocenters. The highest BCUT2D eigenvalue weighted by Crippen LogP contribution is 2.14. The van der Waals surface area contributed by atoms with Gasteiger partial charge >= 0.3 is 0 Å². The highest BCUT2D eigenvalue weighted by atomic mass is 79.9. The monoisotopic (exact) mass is 382 g/mol. The van der Waals surface area contributed by atoms with E-state index in [4.69, 9.17) is 0 Å². The number of carbonyl (C=O) groups is 1. The first kappa shape index (κ1) is 14.2. The van der Waals surface area contributed by atoms with E-state index >= 15 is 0 Å². The van der Waals surface area contributed by atoms with Gasteiger partial charge in [-0.1, -0.05) is 28.1 Å². The van der Waals surface area contributed by atoms with Crippen LogP contribution in [0.1, 0.15) is 15.9 Å². The first-order valence-corrected chi connectivity index (χ1v) is 7.25. The summed E-state index contributed by atoms with van der Waals surface area (Å²) in [6.45, 7) is 0.568. The number of amides is 1. The average molecular weight is 384 g/mol. The Hall–Kier alpha value is -1.20. The van der Waals surface area contributed by atoms with Crippen LogP contribution in [0.25, 0.3) is 0 Å². The number of nitrogens with zero attached hydrogens (tertiary/aromatic N) is 2. The number of hydrogen-bond acceptors (Lipinski definition) is 2. The standard InChI is InChI=1S/C14H12Br2N2O/c1-18(9-10-2-4-12(15)5-3-10)14(19)11-6-13(16)8-17-7-11/h2-8H,9H2,1H3. The number of hydrogen-bond donors (Lipinski definition) is 0. The summed E-state index contributed by atoms with van der Waals surface area (Å²) in [6.07, 6.45) is 3.23. The van der Waals surface area contributed by atoms with Crippen LogP contribution in [0.5, 0.6) is 0 Å². The summed E-state index contributed by atoms with van der Waals surface area (Å²) in [5.41, 5.74) is 1.66. The zero-order valence-electron chi connectivity index (χ0n) is 10.3. The summed E-state index contributed by atoms with van der Waals surface area (Å²) in [5.74, 6) is -0.0447. The van der Waals surface area contributed by atoms with E-state index in [9.17, 15) is 4.79 Å². The van der Waals surface area contributed by atoms with Crippen molar-refractivity contribution in [1.82, 2.24) is 9.88 Å². The molecule has 1 amide bonds. The molecule has 0 aliphatic rings. The molecular formula is C14H12Br2N2O. The highest BCUT2D eigenvalue weighted by molar-refractivity contribution is 9.10. The van der Waals surface area contributed by atoms with Gasteiger partial charge in [-0.05, 0) is 39.7 Å². The molecule has 0 N–H and O–H groups in total. The van der Waals surface area contributed by atoms with Crippen LogP contribution in [0.15, 0.2) is 51.7 Å². The van der Waals surface area contributed by atoms with Gasteiger partial charge in [0, 0.05) is 34.9 Å². The van der Waals surface area contributed by atoms with Crippen LogP contribution in [0.2, 0.25) is 0 Å².